The fraction of sp³-hybridized carbons (Fsp3) is 0.188. The Kier molecular flexibility index (Phi) is 5.00. The largest absolute Gasteiger partial charge is 0.330 e. The van der Waals surface area contributed by atoms with E-state index >= 15 is 0 Å². The lowest BCUT2D eigenvalue weighted by atomic mass is 10.0. The molecule has 0 fully saturated rings. The van der Waals surface area contributed by atoms with E-state index in [1.54, 1.807) is 12.4 Å². The van der Waals surface area contributed by atoms with Gasteiger partial charge in [-0.1, -0.05) is 12.1 Å². The lowest BCUT2D eigenvalue weighted by Gasteiger charge is -2.08. The molecule has 1 heterocycles. The van der Waals surface area contributed by atoms with E-state index in [0.29, 0.717) is 5.11 Å². The number of hydrogen-bond donors (Lipinski definition) is 2. The molecular weight excluding hydrogens is 280 g/mol. The van der Waals surface area contributed by atoms with Crippen molar-refractivity contribution in [3.63, 3.8) is 0 Å². The third-order valence-electron chi connectivity index (χ3n) is 3.17. The molecule has 4 nitrogen and oxygen atoms in total. The quantitative estimate of drug-likeness (QED) is 0.518. The van der Waals surface area contributed by atoms with Crippen molar-refractivity contribution in [2.75, 3.05) is 5.32 Å². The van der Waals surface area contributed by atoms with Gasteiger partial charge in [0.15, 0.2) is 5.11 Å². The normalized spacial score (nSPS) is 11.1. The Morgan fingerprint density at radius 3 is 2.67 bits per heavy atom. The summed E-state index contributed by atoms with van der Waals surface area (Å²) in [6.45, 7) is 6.13. The van der Waals surface area contributed by atoms with Crippen LogP contribution in [0.15, 0.2) is 47.8 Å². The SMILES string of the molecule is CC(=NNC(=S)Nc1cccnc1)c1ccc(C)c(C)c1. The molecule has 21 heavy (non-hydrogen) atoms. The summed E-state index contributed by atoms with van der Waals surface area (Å²) < 4.78 is 0. The second-order valence-electron chi connectivity index (χ2n) is 4.80. The van der Waals surface area contributed by atoms with Crippen LogP contribution in [0.25, 0.3) is 0 Å². The van der Waals surface area contributed by atoms with Crippen LogP contribution in [-0.2, 0) is 0 Å². The van der Waals surface area contributed by atoms with Crippen LogP contribution in [-0.4, -0.2) is 15.8 Å². The van der Waals surface area contributed by atoms with Crippen LogP contribution in [0, 0.1) is 13.8 Å². The molecule has 0 aliphatic rings. The topological polar surface area (TPSA) is 49.3 Å². The monoisotopic (exact) mass is 298 g/mol. The molecule has 0 bridgehead atoms. The molecular formula is C16H18N4S. The van der Waals surface area contributed by atoms with Crippen LogP contribution < -0.4 is 10.7 Å². The van der Waals surface area contributed by atoms with Gasteiger partial charge in [0.2, 0.25) is 0 Å². The highest BCUT2D eigenvalue weighted by Crippen LogP contribution is 2.10. The second-order valence-corrected chi connectivity index (χ2v) is 5.21. The maximum absolute atomic E-state index is 5.19. The summed E-state index contributed by atoms with van der Waals surface area (Å²) >= 11 is 5.19. The molecule has 2 aromatic rings. The van der Waals surface area contributed by atoms with Crippen molar-refractivity contribution < 1.29 is 0 Å². The van der Waals surface area contributed by atoms with E-state index in [1.165, 1.54) is 11.1 Å². The Labute approximate surface area is 130 Å². The van der Waals surface area contributed by atoms with E-state index in [1.807, 2.05) is 19.1 Å². The molecule has 1 aromatic carbocycles. The number of rotatable bonds is 3. The van der Waals surface area contributed by atoms with Crippen molar-refractivity contribution in [2.24, 2.45) is 5.10 Å². The number of nitrogens with zero attached hydrogens (tertiary/aromatic N) is 2. The number of thiocarbonyl (C=S) groups is 1. The minimum absolute atomic E-state index is 0.436. The number of anilines is 1. The molecule has 0 aliphatic heterocycles. The molecule has 1 aromatic heterocycles. The van der Waals surface area contributed by atoms with E-state index in [-0.39, 0.29) is 0 Å². The first-order valence-electron chi connectivity index (χ1n) is 6.65. The number of aryl methyl sites for hydroxylation is 2. The van der Waals surface area contributed by atoms with Crippen LogP contribution in [0.4, 0.5) is 5.69 Å². The zero-order valence-electron chi connectivity index (χ0n) is 12.3. The van der Waals surface area contributed by atoms with E-state index in [9.17, 15) is 0 Å². The average molecular weight is 298 g/mol. The smallest absolute Gasteiger partial charge is 0.191 e. The third kappa shape index (κ3) is 4.36. The van der Waals surface area contributed by atoms with Crippen LogP contribution in [0.5, 0.6) is 0 Å². The average Bonchev–Trinajstić information content (AvgIpc) is 2.48. The molecule has 0 aliphatic carbocycles. The summed E-state index contributed by atoms with van der Waals surface area (Å²) in [6, 6.07) is 10.00. The van der Waals surface area contributed by atoms with Gasteiger partial charge in [-0.15, -0.1) is 0 Å². The Balaban J connectivity index is 1.99. The molecule has 0 saturated carbocycles. The summed E-state index contributed by atoms with van der Waals surface area (Å²) in [5.41, 5.74) is 8.15. The fourth-order valence-corrected chi connectivity index (χ4v) is 1.92. The Morgan fingerprint density at radius 1 is 1.19 bits per heavy atom. The molecule has 108 valence electrons. The summed E-state index contributed by atoms with van der Waals surface area (Å²) in [4.78, 5) is 4.01. The van der Waals surface area contributed by atoms with E-state index < -0.39 is 0 Å². The van der Waals surface area contributed by atoms with Gasteiger partial charge in [0, 0.05) is 6.20 Å². The summed E-state index contributed by atoms with van der Waals surface area (Å²) in [7, 11) is 0. The zero-order chi connectivity index (χ0) is 15.2. The second kappa shape index (κ2) is 6.95. The van der Waals surface area contributed by atoms with E-state index in [0.717, 1.165) is 17.0 Å². The van der Waals surface area contributed by atoms with Crippen LogP contribution in [0.1, 0.15) is 23.6 Å². The molecule has 0 saturated heterocycles. The molecule has 2 rings (SSSR count). The first kappa shape index (κ1) is 15.1. The van der Waals surface area contributed by atoms with Crippen molar-refractivity contribution in [1.82, 2.24) is 10.4 Å². The predicted octanol–water partition coefficient (Wildman–Crippen LogP) is 3.41. The summed E-state index contributed by atoms with van der Waals surface area (Å²) in [6.07, 6.45) is 3.41. The van der Waals surface area contributed by atoms with Crippen molar-refractivity contribution in [3.05, 3.63) is 59.4 Å². The van der Waals surface area contributed by atoms with Gasteiger partial charge in [0.1, 0.15) is 0 Å². The van der Waals surface area contributed by atoms with Gasteiger partial charge in [-0.25, -0.2) is 0 Å². The first-order chi connectivity index (χ1) is 10.1. The number of hydrazone groups is 1. The highest BCUT2D eigenvalue weighted by Gasteiger charge is 2.01. The highest BCUT2D eigenvalue weighted by atomic mass is 32.1. The van der Waals surface area contributed by atoms with Crippen LogP contribution >= 0.6 is 12.2 Å². The van der Waals surface area contributed by atoms with Gasteiger partial charge >= 0.3 is 0 Å². The van der Waals surface area contributed by atoms with Crippen molar-refractivity contribution >= 4 is 28.7 Å². The molecule has 0 atom stereocenters. The van der Waals surface area contributed by atoms with E-state index in [2.05, 4.69) is 52.9 Å². The minimum Gasteiger partial charge on any atom is -0.330 e. The maximum Gasteiger partial charge on any atom is 0.191 e. The Hall–Kier alpha value is -2.27. The van der Waals surface area contributed by atoms with E-state index in [4.69, 9.17) is 12.2 Å². The first-order valence-corrected chi connectivity index (χ1v) is 7.06. The van der Waals surface area contributed by atoms with Gasteiger partial charge in [-0.3, -0.25) is 10.4 Å². The van der Waals surface area contributed by atoms with Crippen LogP contribution in [0.3, 0.4) is 0 Å². The standard InChI is InChI=1S/C16H18N4S/c1-11-6-7-14(9-12(11)2)13(3)19-20-16(21)18-15-5-4-8-17-10-15/h4-10H,1-3H3,(H2,18,20,21). The van der Waals surface area contributed by atoms with Crippen molar-refractivity contribution in [3.8, 4) is 0 Å². The number of pyridine rings is 1. The minimum atomic E-state index is 0.436. The zero-order valence-corrected chi connectivity index (χ0v) is 13.2. The Morgan fingerprint density at radius 2 is 2.00 bits per heavy atom. The lowest BCUT2D eigenvalue weighted by molar-refractivity contribution is 1.04. The number of benzene rings is 1. The third-order valence-corrected chi connectivity index (χ3v) is 3.36. The van der Waals surface area contributed by atoms with Gasteiger partial charge in [-0.05, 0) is 67.9 Å². The van der Waals surface area contributed by atoms with Gasteiger partial charge in [0.25, 0.3) is 0 Å². The molecule has 0 radical (unpaired) electrons. The van der Waals surface area contributed by atoms with Crippen molar-refractivity contribution in [1.29, 1.82) is 0 Å². The maximum atomic E-state index is 5.19. The van der Waals surface area contributed by atoms with Gasteiger partial charge in [-0.2, -0.15) is 5.10 Å². The summed E-state index contributed by atoms with van der Waals surface area (Å²) in [5.74, 6) is 0. The number of aromatic nitrogens is 1. The molecule has 0 unspecified atom stereocenters. The van der Waals surface area contributed by atoms with Gasteiger partial charge in [0.05, 0.1) is 17.6 Å². The molecule has 0 spiro atoms. The number of nitrogens with one attached hydrogen (secondary N) is 2. The highest BCUT2D eigenvalue weighted by molar-refractivity contribution is 7.80. The van der Waals surface area contributed by atoms with Crippen LogP contribution in [0.2, 0.25) is 0 Å². The Bertz CT molecular complexity index is 665. The lowest BCUT2D eigenvalue weighted by Crippen LogP contribution is -2.25. The molecule has 0 amide bonds. The van der Waals surface area contributed by atoms with Crippen molar-refractivity contribution in [2.45, 2.75) is 20.8 Å². The fourth-order valence-electron chi connectivity index (χ4n) is 1.76. The van der Waals surface area contributed by atoms with Gasteiger partial charge < -0.3 is 5.32 Å². The predicted molar refractivity (Wildman–Crippen MR) is 91.7 cm³/mol. The molecule has 2 N–H and O–H groups in total. The molecule has 5 heteroatoms. The number of hydrogen-bond acceptors (Lipinski definition) is 3. The summed E-state index contributed by atoms with van der Waals surface area (Å²) in [5, 5.41) is 7.76.